The van der Waals surface area contributed by atoms with Gasteiger partial charge in [0.1, 0.15) is 5.69 Å². The summed E-state index contributed by atoms with van der Waals surface area (Å²) >= 11 is 5.59. The monoisotopic (exact) mass is 186 g/mol. The van der Waals surface area contributed by atoms with Gasteiger partial charge in [0.15, 0.2) is 10.9 Å². The lowest BCUT2D eigenvalue weighted by Gasteiger charge is -2.00. The van der Waals surface area contributed by atoms with Gasteiger partial charge in [-0.15, -0.1) is 0 Å². The molecule has 0 aliphatic carbocycles. The Balaban J connectivity index is 3.13. The SMILES string of the molecule is COc1nc(C(C)=O)cnc1Cl. The molecular formula is C7H7ClN2O2. The van der Waals surface area contributed by atoms with Crippen molar-refractivity contribution in [2.24, 2.45) is 0 Å². The predicted molar refractivity (Wildman–Crippen MR) is 43.6 cm³/mol. The number of ketones is 1. The topological polar surface area (TPSA) is 52.1 Å². The number of hydrogen-bond donors (Lipinski definition) is 0. The van der Waals surface area contributed by atoms with Gasteiger partial charge in [-0.2, -0.15) is 0 Å². The number of halogens is 1. The molecule has 64 valence electrons. The molecule has 1 aromatic heterocycles. The second kappa shape index (κ2) is 3.49. The molecule has 0 radical (unpaired) electrons. The third-order valence-electron chi connectivity index (χ3n) is 1.25. The zero-order valence-electron chi connectivity index (χ0n) is 6.67. The highest BCUT2D eigenvalue weighted by Gasteiger charge is 2.07. The van der Waals surface area contributed by atoms with Crippen LogP contribution in [0.15, 0.2) is 6.20 Å². The van der Waals surface area contributed by atoms with E-state index in [0.717, 1.165) is 0 Å². The maximum Gasteiger partial charge on any atom is 0.252 e. The van der Waals surface area contributed by atoms with Crippen LogP contribution in [-0.2, 0) is 0 Å². The Labute approximate surface area is 74.5 Å². The van der Waals surface area contributed by atoms with E-state index in [-0.39, 0.29) is 22.5 Å². The summed E-state index contributed by atoms with van der Waals surface area (Å²) in [5, 5.41) is 0.155. The van der Waals surface area contributed by atoms with Crippen molar-refractivity contribution in [1.29, 1.82) is 0 Å². The molecule has 0 fully saturated rings. The molecule has 5 heteroatoms. The number of methoxy groups -OCH3 is 1. The van der Waals surface area contributed by atoms with Gasteiger partial charge in [-0.1, -0.05) is 11.6 Å². The summed E-state index contributed by atoms with van der Waals surface area (Å²) in [6.07, 6.45) is 1.31. The van der Waals surface area contributed by atoms with Gasteiger partial charge in [0.2, 0.25) is 0 Å². The maximum absolute atomic E-state index is 10.8. The fourth-order valence-electron chi connectivity index (χ4n) is 0.657. The van der Waals surface area contributed by atoms with Gasteiger partial charge >= 0.3 is 0 Å². The lowest BCUT2D eigenvalue weighted by atomic mass is 10.3. The molecule has 0 atom stereocenters. The number of ether oxygens (including phenoxy) is 1. The smallest absolute Gasteiger partial charge is 0.252 e. The number of carbonyl (C=O) groups is 1. The summed E-state index contributed by atoms with van der Waals surface area (Å²) in [6.45, 7) is 1.40. The molecule has 0 saturated heterocycles. The molecule has 4 nitrogen and oxygen atoms in total. The first kappa shape index (κ1) is 8.93. The van der Waals surface area contributed by atoms with Gasteiger partial charge in [-0.05, 0) is 0 Å². The highest BCUT2D eigenvalue weighted by molar-refractivity contribution is 6.30. The third-order valence-corrected chi connectivity index (χ3v) is 1.51. The quantitative estimate of drug-likeness (QED) is 0.654. The van der Waals surface area contributed by atoms with Crippen molar-refractivity contribution >= 4 is 17.4 Å². The molecule has 0 saturated carbocycles. The van der Waals surface area contributed by atoms with Gasteiger partial charge in [0, 0.05) is 6.92 Å². The first-order valence-electron chi connectivity index (χ1n) is 3.22. The normalized spacial score (nSPS) is 9.58. The van der Waals surface area contributed by atoms with E-state index >= 15 is 0 Å². The van der Waals surface area contributed by atoms with Crippen LogP contribution >= 0.6 is 11.6 Å². The number of rotatable bonds is 2. The lowest BCUT2D eigenvalue weighted by molar-refractivity contribution is 0.101. The van der Waals surface area contributed by atoms with E-state index in [0.29, 0.717) is 0 Å². The van der Waals surface area contributed by atoms with Crippen LogP contribution in [0.2, 0.25) is 5.15 Å². The van der Waals surface area contributed by atoms with E-state index in [1.165, 1.54) is 20.2 Å². The third kappa shape index (κ3) is 1.71. The molecule has 0 spiro atoms. The predicted octanol–water partition coefficient (Wildman–Crippen LogP) is 1.34. The fraction of sp³-hybridized carbons (Fsp3) is 0.286. The number of nitrogens with zero attached hydrogens (tertiary/aromatic N) is 2. The molecule has 1 rings (SSSR count). The Morgan fingerprint density at radius 1 is 1.67 bits per heavy atom. The largest absolute Gasteiger partial charge is 0.479 e. The van der Waals surface area contributed by atoms with Crippen LogP contribution < -0.4 is 4.74 Å². The standard InChI is InChI=1S/C7H7ClN2O2/c1-4(11)5-3-9-6(8)7(10-5)12-2/h3H,1-2H3. The van der Waals surface area contributed by atoms with Crippen molar-refractivity contribution in [3.63, 3.8) is 0 Å². The summed E-state index contributed by atoms with van der Waals surface area (Å²) in [4.78, 5) is 18.4. The molecule has 12 heavy (non-hydrogen) atoms. The van der Waals surface area contributed by atoms with Crippen molar-refractivity contribution in [3.05, 3.63) is 17.0 Å². The average molecular weight is 187 g/mol. The van der Waals surface area contributed by atoms with Crippen LogP contribution in [0, 0.1) is 0 Å². The van der Waals surface area contributed by atoms with Crippen molar-refractivity contribution in [2.75, 3.05) is 7.11 Å². The highest BCUT2D eigenvalue weighted by atomic mass is 35.5. The Morgan fingerprint density at radius 2 is 2.33 bits per heavy atom. The van der Waals surface area contributed by atoms with Crippen LogP contribution in [0.4, 0.5) is 0 Å². The molecule has 0 amide bonds. The summed E-state index contributed by atoms with van der Waals surface area (Å²) in [5.74, 6) is 0.00170. The van der Waals surface area contributed by atoms with Crippen molar-refractivity contribution < 1.29 is 9.53 Å². The minimum Gasteiger partial charge on any atom is -0.479 e. The van der Waals surface area contributed by atoms with Crippen LogP contribution in [0.3, 0.4) is 0 Å². The Kier molecular flexibility index (Phi) is 2.60. The molecule has 0 aliphatic heterocycles. The zero-order chi connectivity index (χ0) is 9.14. The van der Waals surface area contributed by atoms with Crippen LogP contribution in [0.1, 0.15) is 17.4 Å². The van der Waals surface area contributed by atoms with Crippen LogP contribution in [0.5, 0.6) is 5.88 Å². The van der Waals surface area contributed by atoms with Crippen LogP contribution in [0.25, 0.3) is 0 Å². The van der Waals surface area contributed by atoms with Crippen molar-refractivity contribution in [2.45, 2.75) is 6.92 Å². The van der Waals surface area contributed by atoms with E-state index in [4.69, 9.17) is 16.3 Å². The number of aromatic nitrogens is 2. The van der Waals surface area contributed by atoms with Crippen molar-refractivity contribution in [1.82, 2.24) is 9.97 Å². The first-order valence-corrected chi connectivity index (χ1v) is 3.60. The number of carbonyl (C=O) groups excluding carboxylic acids is 1. The lowest BCUT2D eigenvalue weighted by Crippen LogP contribution is -2.00. The minimum atomic E-state index is -0.169. The number of Topliss-reactive ketones (excluding diaryl/α,β-unsaturated/α-hetero) is 1. The van der Waals surface area contributed by atoms with Gasteiger partial charge in [-0.3, -0.25) is 4.79 Å². The molecule has 0 N–H and O–H groups in total. The summed E-state index contributed by atoms with van der Waals surface area (Å²) in [6, 6.07) is 0. The van der Waals surface area contributed by atoms with E-state index in [9.17, 15) is 4.79 Å². The second-order valence-corrected chi connectivity index (χ2v) is 2.47. The van der Waals surface area contributed by atoms with E-state index in [1.54, 1.807) is 0 Å². The second-order valence-electron chi connectivity index (χ2n) is 2.11. The highest BCUT2D eigenvalue weighted by Crippen LogP contribution is 2.17. The first-order chi connectivity index (χ1) is 5.65. The molecule has 0 aromatic carbocycles. The average Bonchev–Trinajstić information content (AvgIpc) is 2.05. The molecule has 1 heterocycles. The minimum absolute atomic E-state index is 0.155. The molecule has 0 unspecified atom stereocenters. The maximum atomic E-state index is 10.8. The van der Waals surface area contributed by atoms with Gasteiger partial charge in [-0.25, -0.2) is 9.97 Å². The molecule has 0 bridgehead atoms. The van der Waals surface area contributed by atoms with Crippen LogP contribution in [-0.4, -0.2) is 22.9 Å². The number of hydrogen-bond acceptors (Lipinski definition) is 4. The van der Waals surface area contributed by atoms with E-state index < -0.39 is 0 Å². The van der Waals surface area contributed by atoms with Gasteiger partial charge in [0.25, 0.3) is 5.88 Å². The molecule has 1 aromatic rings. The van der Waals surface area contributed by atoms with E-state index in [1.807, 2.05) is 0 Å². The van der Waals surface area contributed by atoms with Crippen molar-refractivity contribution in [3.8, 4) is 5.88 Å². The molecule has 0 aliphatic rings. The Bertz CT molecular complexity index is 314. The fourth-order valence-corrected chi connectivity index (χ4v) is 0.825. The Hall–Kier alpha value is -1.16. The van der Waals surface area contributed by atoms with Gasteiger partial charge < -0.3 is 4.74 Å². The summed E-state index contributed by atoms with van der Waals surface area (Å²) < 4.78 is 4.78. The van der Waals surface area contributed by atoms with Gasteiger partial charge in [0.05, 0.1) is 13.3 Å². The van der Waals surface area contributed by atoms with E-state index in [2.05, 4.69) is 9.97 Å². The summed E-state index contributed by atoms with van der Waals surface area (Å²) in [7, 11) is 1.42. The zero-order valence-corrected chi connectivity index (χ0v) is 7.42. The Morgan fingerprint density at radius 3 is 2.83 bits per heavy atom. The molecular weight excluding hydrogens is 180 g/mol. The summed E-state index contributed by atoms with van der Waals surface area (Å²) in [5.41, 5.74) is 0.247.